The van der Waals surface area contributed by atoms with E-state index in [0.29, 0.717) is 11.4 Å². The molecule has 3 aromatic rings. The van der Waals surface area contributed by atoms with Crippen molar-refractivity contribution in [2.24, 2.45) is 5.73 Å². The third-order valence-corrected chi connectivity index (χ3v) is 4.78. The predicted octanol–water partition coefficient (Wildman–Crippen LogP) is 4.72. The SMILES string of the molecule is C=C/C=C(Oc1ccc(NC(=O)c2cnn(-c3ccccc3)c2N)cc1F)\C(Cl)=C(/C)N. The molecule has 0 radical (unpaired) electrons. The van der Waals surface area contributed by atoms with Crippen LogP contribution in [0.2, 0.25) is 0 Å². The highest BCUT2D eigenvalue weighted by Crippen LogP contribution is 2.27. The predicted molar refractivity (Wildman–Crippen MR) is 124 cm³/mol. The fraction of sp³-hybridized carbons (Fsp3) is 0.0435. The number of rotatable bonds is 7. The smallest absolute Gasteiger partial charge is 0.261 e. The van der Waals surface area contributed by atoms with Gasteiger partial charge in [0, 0.05) is 17.5 Å². The van der Waals surface area contributed by atoms with E-state index in [1.54, 1.807) is 6.92 Å². The van der Waals surface area contributed by atoms with Crippen molar-refractivity contribution in [2.45, 2.75) is 6.92 Å². The second kappa shape index (κ2) is 9.84. The highest BCUT2D eigenvalue weighted by molar-refractivity contribution is 6.32. The maximum absolute atomic E-state index is 14.6. The molecule has 0 aliphatic rings. The number of nitrogen functional groups attached to an aromatic ring is 1. The normalized spacial score (nSPS) is 12.2. The largest absolute Gasteiger partial charge is 0.453 e. The molecule has 0 saturated carbocycles. The molecular formula is C23H21ClFN5O2. The molecule has 0 atom stereocenters. The van der Waals surface area contributed by atoms with E-state index in [4.69, 9.17) is 27.8 Å². The molecule has 3 rings (SSSR count). The molecule has 1 amide bonds. The minimum Gasteiger partial charge on any atom is -0.453 e. The highest BCUT2D eigenvalue weighted by atomic mass is 35.5. The molecule has 164 valence electrons. The number of hydrogen-bond acceptors (Lipinski definition) is 5. The molecule has 32 heavy (non-hydrogen) atoms. The Morgan fingerprint density at radius 2 is 2.00 bits per heavy atom. The van der Waals surface area contributed by atoms with Gasteiger partial charge in [0.05, 0.1) is 11.9 Å². The molecule has 5 N–H and O–H groups in total. The number of hydrogen-bond donors (Lipinski definition) is 3. The number of nitrogens with zero attached hydrogens (tertiary/aromatic N) is 2. The van der Waals surface area contributed by atoms with Crippen LogP contribution < -0.4 is 21.5 Å². The number of aromatic nitrogens is 2. The summed E-state index contributed by atoms with van der Waals surface area (Å²) in [6, 6.07) is 13.1. The summed E-state index contributed by atoms with van der Waals surface area (Å²) in [7, 11) is 0. The Kier molecular flexibility index (Phi) is 6.97. The molecule has 9 heteroatoms. The van der Waals surface area contributed by atoms with Crippen LogP contribution in [0.5, 0.6) is 5.75 Å². The maximum atomic E-state index is 14.6. The Bertz CT molecular complexity index is 1210. The molecule has 0 bridgehead atoms. The first-order valence-electron chi connectivity index (χ1n) is 9.44. The number of benzene rings is 2. The van der Waals surface area contributed by atoms with Crippen molar-refractivity contribution in [3.63, 3.8) is 0 Å². The maximum Gasteiger partial charge on any atom is 0.261 e. The van der Waals surface area contributed by atoms with Crippen LogP contribution >= 0.6 is 11.6 Å². The quantitative estimate of drug-likeness (QED) is 0.354. The van der Waals surface area contributed by atoms with Gasteiger partial charge in [0.25, 0.3) is 5.91 Å². The second-order valence-corrected chi connectivity index (χ2v) is 7.03. The summed E-state index contributed by atoms with van der Waals surface area (Å²) in [6.07, 6.45) is 4.25. The minimum absolute atomic E-state index is 0.105. The third kappa shape index (κ3) is 4.98. The van der Waals surface area contributed by atoms with Crippen LogP contribution in [0.1, 0.15) is 17.3 Å². The van der Waals surface area contributed by atoms with Crippen molar-refractivity contribution in [2.75, 3.05) is 11.1 Å². The van der Waals surface area contributed by atoms with E-state index in [1.165, 1.54) is 35.2 Å². The van der Waals surface area contributed by atoms with Gasteiger partial charge in [0.2, 0.25) is 0 Å². The number of nitrogens with one attached hydrogen (secondary N) is 1. The molecule has 2 aromatic carbocycles. The third-order valence-electron chi connectivity index (χ3n) is 4.29. The van der Waals surface area contributed by atoms with E-state index in [9.17, 15) is 9.18 Å². The van der Waals surface area contributed by atoms with Crippen molar-refractivity contribution in [1.82, 2.24) is 9.78 Å². The number of carbonyl (C=O) groups excluding carboxylic acids is 1. The lowest BCUT2D eigenvalue weighted by Crippen LogP contribution is -2.14. The van der Waals surface area contributed by atoms with Crippen molar-refractivity contribution < 1.29 is 13.9 Å². The summed E-state index contributed by atoms with van der Waals surface area (Å²) in [4.78, 5) is 12.6. The minimum atomic E-state index is -0.718. The molecule has 0 aliphatic carbocycles. The molecular weight excluding hydrogens is 433 g/mol. The van der Waals surface area contributed by atoms with Crippen LogP contribution in [0, 0.1) is 5.82 Å². The zero-order chi connectivity index (χ0) is 23.3. The van der Waals surface area contributed by atoms with Crippen molar-refractivity contribution >= 4 is 29.0 Å². The van der Waals surface area contributed by atoms with Crippen molar-refractivity contribution in [1.29, 1.82) is 0 Å². The molecule has 1 heterocycles. The standard InChI is InChI=1S/C23H21ClFN5O2/c1-3-7-20(21(24)14(2)26)32-19-11-10-15(12-18(19)25)29-23(31)17-13-28-30(22(17)27)16-8-5-4-6-9-16/h3-13H,1,26-27H2,2H3,(H,29,31)/b20-7+,21-14-. The zero-order valence-corrected chi connectivity index (χ0v) is 17.9. The average molecular weight is 454 g/mol. The van der Waals surface area contributed by atoms with Gasteiger partial charge in [-0.15, -0.1) is 0 Å². The summed E-state index contributed by atoms with van der Waals surface area (Å²) >= 11 is 6.11. The van der Waals surface area contributed by atoms with Crippen LogP contribution in [0.25, 0.3) is 5.69 Å². The number of carbonyl (C=O) groups is 1. The van der Waals surface area contributed by atoms with Gasteiger partial charge in [-0.25, -0.2) is 9.07 Å². The summed E-state index contributed by atoms with van der Waals surface area (Å²) in [5.41, 5.74) is 13.1. The Hall–Kier alpha value is -4.04. The van der Waals surface area contributed by atoms with Crippen LogP contribution in [0.15, 0.2) is 89.9 Å². The molecule has 0 saturated heterocycles. The molecule has 0 fully saturated rings. The molecule has 7 nitrogen and oxygen atoms in total. The summed E-state index contributed by atoms with van der Waals surface area (Å²) in [5, 5.41) is 6.89. The van der Waals surface area contributed by atoms with E-state index < -0.39 is 11.7 Å². The number of allylic oxidation sites excluding steroid dienone is 4. The number of halogens is 2. The molecule has 1 aromatic heterocycles. The van der Waals surface area contributed by atoms with Gasteiger partial charge in [0.1, 0.15) is 22.2 Å². The lowest BCUT2D eigenvalue weighted by molar-refractivity contribution is 0.102. The van der Waals surface area contributed by atoms with Crippen LogP contribution in [-0.4, -0.2) is 15.7 Å². The van der Waals surface area contributed by atoms with Crippen LogP contribution in [0.4, 0.5) is 15.9 Å². The van der Waals surface area contributed by atoms with Gasteiger partial charge in [-0.05, 0) is 37.3 Å². The van der Waals surface area contributed by atoms with E-state index in [-0.39, 0.29) is 33.6 Å². The fourth-order valence-electron chi connectivity index (χ4n) is 2.74. The number of nitrogens with two attached hydrogens (primary N) is 2. The van der Waals surface area contributed by atoms with Gasteiger partial charge >= 0.3 is 0 Å². The zero-order valence-electron chi connectivity index (χ0n) is 17.2. The van der Waals surface area contributed by atoms with E-state index in [2.05, 4.69) is 17.0 Å². The first kappa shape index (κ1) is 22.6. The van der Waals surface area contributed by atoms with Crippen LogP contribution in [0.3, 0.4) is 0 Å². The van der Waals surface area contributed by atoms with Gasteiger partial charge < -0.3 is 21.5 Å². The van der Waals surface area contributed by atoms with Crippen molar-refractivity contribution in [3.05, 3.63) is 101 Å². The van der Waals surface area contributed by atoms with Crippen molar-refractivity contribution in [3.8, 4) is 11.4 Å². The number of para-hydroxylation sites is 1. The second-order valence-electron chi connectivity index (χ2n) is 6.66. The number of amides is 1. The topological polar surface area (TPSA) is 108 Å². The highest BCUT2D eigenvalue weighted by Gasteiger charge is 2.17. The Balaban J connectivity index is 1.78. The first-order chi connectivity index (χ1) is 15.3. The molecule has 0 aliphatic heterocycles. The Morgan fingerprint density at radius 1 is 1.28 bits per heavy atom. The molecule has 0 unspecified atom stereocenters. The van der Waals surface area contributed by atoms with E-state index in [1.807, 2.05) is 30.3 Å². The van der Waals surface area contributed by atoms with E-state index in [0.717, 1.165) is 6.07 Å². The lowest BCUT2D eigenvalue weighted by atomic mass is 10.2. The monoisotopic (exact) mass is 453 g/mol. The number of anilines is 2. The Morgan fingerprint density at radius 3 is 2.62 bits per heavy atom. The van der Waals surface area contributed by atoms with Gasteiger partial charge in [-0.1, -0.05) is 42.5 Å². The summed E-state index contributed by atoms with van der Waals surface area (Å²) in [5.74, 6) is -1.06. The summed E-state index contributed by atoms with van der Waals surface area (Å²) < 4.78 is 21.6. The number of ether oxygens (including phenoxy) is 1. The first-order valence-corrected chi connectivity index (χ1v) is 9.82. The average Bonchev–Trinajstić information content (AvgIpc) is 3.16. The Labute approximate surface area is 189 Å². The molecule has 0 spiro atoms. The lowest BCUT2D eigenvalue weighted by Gasteiger charge is -2.12. The van der Waals surface area contributed by atoms with E-state index >= 15 is 0 Å². The van der Waals surface area contributed by atoms with Gasteiger partial charge in [0.15, 0.2) is 11.6 Å². The summed E-state index contributed by atoms with van der Waals surface area (Å²) in [6.45, 7) is 5.16. The fourth-order valence-corrected chi connectivity index (χ4v) is 2.84. The van der Waals surface area contributed by atoms with Crippen LogP contribution in [-0.2, 0) is 0 Å². The van der Waals surface area contributed by atoms with Gasteiger partial charge in [-0.2, -0.15) is 5.10 Å². The van der Waals surface area contributed by atoms with Gasteiger partial charge in [-0.3, -0.25) is 4.79 Å².